The Bertz CT molecular complexity index is 698. The number of aromatic amines is 1. The molecule has 4 N–H and O–H groups in total. The number of nitrogens with two attached hydrogens (primary N) is 1. The summed E-state index contributed by atoms with van der Waals surface area (Å²) in [7, 11) is 1.90. The summed E-state index contributed by atoms with van der Waals surface area (Å²) in [6, 6.07) is 0. The van der Waals surface area contributed by atoms with E-state index in [-0.39, 0.29) is 5.95 Å². The van der Waals surface area contributed by atoms with Crippen molar-refractivity contribution in [2.75, 3.05) is 17.6 Å². The zero-order valence-corrected chi connectivity index (χ0v) is 10.5. The molecule has 0 aliphatic carbocycles. The SMILES string of the molecule is Cn1cc(CCNc2nc(N)nc3[nH]ncc23)cn1. The molecular formula is C11H14N8. The summed E-state index contributed by atoms with van der Waals surface area (Å²) in [5.41, 5.74) is 7.45. The van der Waals surface area contributed by atoms with Crippen LogP contribution in [-0.2, 0) is 13.5 Å². The van der Waals surface area contributed by atoms with E-state index >= 15 is 0 Å². The number of rotatable bonds is 4. The Balaban J connectivity index is 1.73. The molecule has 0 amide bonds. The topological polar surface area (TPSA) is 110 Å². The molecule has 0 atom stereocenters. The van der Waals surface area contributed by atoms with Crippen molar-refractivity contribution in [1.29, 1.82) is 0 Å². The van der Waals surface area contributed by atoms with Gasteiger partial charge in [0.25, 0.3) is 0 Å². The van der Waals surface area contributed by atoms with Crippen LogP contribution in [0, 0.1) is 0 Å². The predicted molar refractivity (Wildman–Crippen MR) is 71.5 cm³/mol. The number of nitrogens with zero attached hydrogens (tertiary/aromatic N) is 5. The van der Waals surface area contributed by atoms with Gasteiger partial charge in [-0.15, -0.1) is 0 Å². The maximum Gasteiger partial charge on any atom is 0.224 e. The van der Waals surface area contributed by atoms with Crippen LogP contribution in [0.25, 0.3) is 11.0 Å². The van der Waals surface area contributed by atoms with Crippen LogP contribution in [0.1, 0.15) is 5.56 Å². The summed E-state index contributed by atoms with van der Waals surface area (Å²) >= 11 is 0. The maximum atomic E-state index is 5.65. The van der Waals surface area contributed by atoms with Crippen molar-refractivity contribution in [3.8, 4) is 0 Å². The van der Waals surface area contributed by atoms with Gasteiger partial charge in [-0.25, -0.2) is 0 Å². The first-order valence-corrected chi connectivity index (χ1v) is 5.90. The van der Waals surface area contributed by atoms with Crippen molar-refractivity contribution >= 4 is 22.8 Å². The first-order valence-electron chi connectivity index (χ1n) is 5.90. The monoisotopic (exact) mass is 258 g/mol. The molecule has 19 heavy (non-hydrogen) atoms. The molecule has 0 saturated heterocycles. The van der Waals surface area contributed by atoms with Gasteiger partial charge in [0.2, 0.25) is 5.95 Å². The van der Waals surface area contributed by atoms with Gasteiger partial charge in [-0.05, 0) is 12.0 Å². The highest BCUT2D eigenvalue weighted by Gasteiger charge is 2.07. The van der Waals surface area contributed by atoms with Gasteiger partial charge >= 0.3 is 0 Å². The molecule has 0 radical (unpaired) electrons. The average molecular weight is 258 g/mol. The van der Waals surface area contributed by atoms with E-state index in [1.807, 2.05) is 19.4 Å². The highest BCUT2D eigenvalue weighted by molar-refractivity contribution is 5.86. The van der Waals surface area contributed by atoms with Crippen molar-refractivity contribution in [2.45, 2.75) is 6.42 Å². The van der Waals surface area contributed by atoms with Gasteiger partial charge < -0.3 is 11.1 Å². The molecule has 0 aliphatic rings. The zero-order valence-electron chi connectivity index (χ0n) is 10.5. The van der Waals surface area contributed by atoms with Crippen molar-refractivity contribution in [3.63, 3.8) is 0 Å². The van der Waals surface area contributed by atoms with Gasteiger partial charge in [-0.2, -0.15) is 20.2 Å². The van der Waals surface area contributed by atoms with Crippen LogP contribution in [-0.4, -0.2) is 36.5 Å². The largest absolute Gasteiger partial charge is 0.369 e. The molecule has 8 nitrogen and oxygen atoms in total. The third kappa shape index (κ3) is 2.32. The minimum atomic E-state index is 0.223. The number of aromatic nitrogens is 6. The molecule has 0 saturated carbocycles. The molecule has 3 heterocycles. The summed E-state index contributed by atoms with van der Waals surface area (Å²) < 4.78 is 1.78. The Morgan fingerprint density at radius 2 is 2.26 bits per heavy atom. The van der Waals surface area contributed by atoms with Gasteiger partial charge in [0.15, 0.2) is 5.65 Å². The first kappa shape index (κ1) is 11.5. The molecular weight excluding hydrogens is 244 g/mol. The molecule has 0 unspecified atom stereocenters. The molecule has 0 aromatic carbocycles. The lowest BCUT2D eigenvalue weighted by Gasteiger charge is -2.05. The smallest absolute Gasteiger partial charge is 0.224 e. The standard InChI is InChI=1S/C11H14N8/c1-19-6-7(4-15-19)2-3-13-9-8-5-14-18-10(8)17-11(12)16-9/h4-6H,2-3H2,1H3,(H4,12,13,14,16,17,18). The van der Waals surface area contributed by atoms with E-state index in [0.29, 0.717) is 11.5 Å². The second-order valence-corrected chi connectivity index (χ2v) is 4.26. The molecule has 0 spiro atoms. The summed E-state index contributed by atoms with van der Waals surface area (Å²) in [5.74, 6) is 0.917. The van der Waals surface area contributed by atoms with Gasteiger partial charge in [0.05, 0.1) is 17.8 Å². The Labute approximate surface area is 109 Å². The van der Waals surface area contributed by atoms with Crippen LogP contribution >= 0.6 is 0 Å². The quantitative estimate of drug-likeness (QED) is 0.621. The van der Waals surface area contributed by atoms with E-state index in [9.17, 15) is 0 Å². The maximum absolute atomic E-state index is 5.65. The molecule has 3 rings (SSSR count). The molecule has 8 heteroatoms. The van der Waals surface area contributed by atoms with E-state index in [1.165, 1.54) is 5.56 Å². The van der Waals surface area contributed by atoms with Crippen molar-refractivity contribution in [2.24, 2.45) is 7.05 Å². The van der Waals surface area contributed by atoms with E-state index in [1.54, 1.807) is 10.9 Å². The third-order valence-corrected chi connectivity index (χ3v) is 2.79. The number of aryl methyl sites for hydroxylation is 1. The summed E-state index contributed by atoms with van der Waals surface area (Å²) in [6.45, 7) is 0.739. The lowest BCUT2D eigenvalue weighted by atomic mass is 10.2. The molecule has 98 valence electrons. The normalized spacial score (nSPS) is 11.0. The average Bonchev–Trinajstić information content (AvgIpc) is 2.98. The predicted octanol–water partition coefficient (Wildman–Crippen LogP) is 0.323. The fourth-order valence-electron chi connectivity index (χ4n) is 1.91. The lowest BCUT2D eigenvalue weighted by molar-refractivity contribution is 0.767. The van der Waals surface area contributed by atoms with Crippen LogP contribution in [0.3, 0.4) is 0 Å². The van der Waals surface area contributed by atoms with Crippen LogP contribution < -0.4 is 11.1 Å². The number of nitrogens with one attached hydrogen (secondary N) is 2. The fourth-order valence-corrected chi connectivity index (χ4v) is 1.91. The summed E-state index contributed by atoms with van der Waals surface area (Å²) in [5, 5.41) is 14.9. The van der Waals surface area contributed by atoms with Gasteiger partial charge in [-0.1, -0.05) is 0 Å². The van der Waals surface area contributed by atoms with E-state index < -0.39 is 0 Å². The van der Waals surface area contributed by atoms with Crippen molar-refractivity contribution < 1.29 is 0 Å². The molecule has 3 aromatic heterocycles. The summed E-state index contributed by atoms with van der Waals surface area (Å²) in [4.78, 5) is 8.25. The van der Waals surface area contributed by atoms with Crippen LogP contribution in [0.15, 0.2) is 18.6 Å². The molecule has 0 bridgehead atoms. The van der Waals surface area contributed by atoms with E-state index in [0.717, 1.165) is 18.4 Å². The highest BCUT2D eigenvalue weighted by atomic mass is 15.2. The molecule has 3 aromatic rings. The number of hydrogen-bond donors (Lipinski definition) is 3. The number of hydrogen-bond acceptors (Lipinski definition) is 6. The Hall–Kier alpha value is -2.64. The number of nitrogen functional groups attached to an aromatic ring is 1. The minimum absolute atomic E-state index is 0.223. The number of fused-ring (bicyclic) bond motifs is 1. The van der Waals surface area contributed by atoms with E-state index in [4.69, 9.17) is 5.73 Å². The van der Waals surface area contributed by atoms with Crippen molar-refractivity contribution in [1.82, 2.24) is 29.9 Å². The van der Waals surface area contributed by atoms with Gasteiger partial charge in [-0.3, -0.25) is 9.78 Å². The van der Waals surface area contributed by atoms with Crippen LogP contribution in [0.2, 0.25) is 0 Å². The van der Waals surface area contributed by atoms with Gasteiger partial charge in [0.1, 0.15) is 5.82 Å². The Morgan fingerprint density at radius 3 is 3.05 bits per heavy atom. The van der Waals surface area contributed by atoms with E-state index in [2.05, 4.69) is 30.6 Å². The van der Waals surface area contributed by atoms with Crippen LogP contribution in [0.5, 0.6) is 0 Å². The molecule has 0 fully saturated rings. The first-order chi connectivity index (χ1) is 9.22. The number of anilines is 2. The second kappa shape index (κ2) is 4.56. The van der Waals surface area contributed by atoms with Gasteiger partial charge in [0, 0.05) is 19.8 Å². The van der Waals surface area contributed by atoms with Crippen molar-refractivity contribution in [3.05, 3.63) is 24.2 Å². The third-order valence-electron chi connectivity index (χ3n) is 2.79. The fraction of sp³-hybridized carbons (Fsp3) is 0.273. The minimum Gasteiger partial charge on any atom is -0.369 e. The highest BCUT2D eigenvalue weighted by Crippen LogP contribution is 2.18. The summed E-state index contributed by atoms with van der Waals surface area (Å²) in [6.07, 6.45) is 6.38. The lowest BCUT2D eigenvalue weighted by Crippen LogP contribution is -2.08. The number of H-pyrrole nitrogens is 1. The van der Waals surface area contributed by atoms with Crippen LogP contribution in [0.4, 0.5) is 11.8 Å². The zero-order chi connectivity index (χ0) is 13.2. The Kier molecular flexibility index (Phi) is 2.75. The molecule has 0 aliphatic heterocycles. The Morgan fingerprint density at radius 1 is 1.37 bits per heavy atom. The second-order valence-electron chi connectivity index (χ2n) is 4.26.